The van der Waals surface area contributed by atoms with Gasteiger partial charge in [0.25, 0.3) is 0 Å². The van der Waals surface area contributed by atoms with Crippen molar-refractivity contribution in [1.82, 2.24) is 0 Å². The molecule has 2 heterocycles. The van der Waals surface area contributed by atoms with Crippen molar-refractivity contribution in [1.29, 1.82) is 0 Å². The van der Waals surface area contributed by atoms with Crippen LogP contribution in [0.15, 0.2) is 56.7 Å². The first-order valence-electron chi connectivity index (χ1n) is 5.68. The second-order valence-corrected chi connectivity index (χ2v) is 11.7. The molecule has 0 aliphatic carbocycles. The molecule has 0 radical (unpaired) electrons. The molecule has 0 bridgehead atoms. The fourth-order valence-electron chi connectivity index (χ4n) is 1.42. The molecule has 0 aliphatic heterocycles. The summed E-state index contributed by atoms with van der Waals surface area (Å²) in [5.74, 6) is -0.205. The van der Waals surface area contributed by atoms with Crippen LogP contribution in [0.4, 0.5) is 4.39 Å². The van der Waals surface area contributed by atoms with E-state index in [1.165, 1.54) is 12.1 Å². The lowest BCUT2D eigenvalue weighted by Crippen LogP contribution is -1.73. The van der Waals surface area contributed by atoms with Crippen molar-refractivity contribution < 1.29 is 4.39 Å². The zero-order chi connectivity index (χ0) is 16.3. The first-order chi connectivity index (χ1) is 10.4. The smallest absolute Gasteiger partial charge is 0.123 e. The summed E-state index contributed by atoms with van der Waals surface area (Å²) in [5, 5.41) is 0. The topological polar surface area (TPSA) is 0 Å². The van der Waals surface area contributed by atoms with E-state index in [0.717, 1.165) is 30.7 Å². The van der Waals surface area contributed by atoms with Crippen molar-refractivity contribution >= 4 is 102 Å². The van der Waals surface area contributed by atoms with Gasteiger partial charge in [0.05, 0.1) is 11.4 Å². The first-order valence-corrected chi connectivity index (χ1v) is 11.3. The summed E-state index contributed by atoms with van der Waals surface area (Å²) in [7, 11) is 0. The molecular weight excluding hydrogens is 651 g/mol. The van der Waals surface area contributed by atoms with Crippen LogP contribution in [0, 0.1) is 5.82 Å². The Morgan fingerprint density at radius 1 is 0.727 bits per heavy atom. The van der Waals surface area contributed by atoms with E-state index in [4.69, 9.17) is 0 Å². The van der Waals surface area contributed by atoms with Gasteiger partial charge in [0.15, 0.2) is 0 Å². The molecule has 0 unspecified atom stereocenters. The minimum Gasteiger partial charge on any atom is -0.207 e. The van der Waals surface area contributed by atoms with Gasteiger partial charge < -0.3 is 0 Å². The predicted octanol–water partition coefficient (Wildman–Crippen LogP) is 9.11. The highest BCUT2D eigenvalue weighted by molar-refractivity contribution is 9.14. The predicted molar refractivity (Wildman–Crippen MR) is 113 cm³/mol. The van der Waals surface area contributed by atoms with Crippen molar-refractivity contribution in [3.05, 3.63) is 62.5 Å². The van der Waals surface area contributed by atoms with Gasteiger partial charge in [-0.3, -0.25) is 0 Å². The minimum atomic E-state index is -0.205. The van der Waals surface area contributed by atoms with Crippen molar-refractivity contribution in [2.45, 2.75) is 0 Å². The van der Waals surface area contributed by atoms with Crippen molar-refractivity contribution in [2.24, 2.45) is 0 Å². The largest absolute Gasteiger partial charge is 0.207 e. The van der Waals surface area contributed by atoms with Gasteiger partial charge in [0, 0.05) is 13.8 Å². The summed E-state index contributed by atoms with van der Waals surface area (Å²) in [6, 6.07) is 10.5. The molecule has 0 saturated carbocycles. The van der Waals surface area contributed by atoms with Gasteiger partial charge in [-0.2, -0.15) is 0 Å². The van der Waals surface area contributed by atoms with Gasteiger partial charge in [-0.05, 0) is 109 Å². The molecule has 22 heavy (non-hydrogen) atoms. The van der Waals surface area contributed by atoms with Crippen molar-refractivity contribution in [3.63, 3.8) is 0 Å². The third kappa shape index (κ3) is 5.50. The molecular formula is C14H6Br5FS2. The van der Waals surface area contributed by atoms with Gasteiger partial charge in [-0.15, -0.1) is 22.7 Å². The highest BCUT2D eigenvalue weighted by Crippen LogP contribution is 2.38. The van der Waals surface area contributed by atoms with Gasteiger partial charge >= 0.3 is 0 Å². The Balaban J connectivity index is 0.000000188. The second kappa shape index (κ2) is 8.87. The van der Waals surface area contributed by atoms with E-state index in [-0.39, 0.29) is 5.82 Å². The molecule has 3 rings (SSSR count). The summed E-state index contributed by atoms with van der Waals surface area (Å²) < 4.78 is 18.1. The van der Waals surface area contributed by atoms with Crippen LogP contribution in [-0.2, 0) is 0 Å². The third-order valence-corrected chi connectivity index (χ3v) is 9.45. The van der Waals surface area contributed by atoms with Crippen LogP contribution in [0.2, 0.25) is 0 Å². The van der Waals surface area contributed by atoms with Gasteiger partial charge in [0.2, 0.25) is 0 Å². The third-order valence-electron chi connectivity index (χ3n) is 2.39. The summed E-state index contributed by atoms with van der Waals surface area (Å²) in [4.78, 5) is 1.11. The number of hydrogen-bond acceptors (Lipinski definition) is 2. The lowest BCUT2D eigenvalue weighted by atomic mass is 10.2. The molecule has 0 N–H and O–H groups in total. The monoisotopic (exact) mass is 652 g/mol. The van der Waals surface area contributed by atoms with Crippen molar-refractivity contribution in [3.8, 4) is 10.4 Å². The van der Waals surface area contributed by atoms with Crippen LogP contribution in [-0.4, -0.2) is 0 Å². The highest BCUT2D eigenvalue weighted by Gasteiger charge is 2.05. The Bertz CT molecular complexity index is 725. The fraction of sp³-hybridized carbons (Fsp3) is 0. The van der Waals surface area contributed by atoms with Gasteiger partial charge in [-0.1, -0.05) is 12.1 Å². The first kappa shape index (κ1) is 19.3. The van der Waals surface area contributed by atoms with Gasteiger partial charge in [-0.25, -0.2) is 4.39 Å². The van der Waals surface area contributed by atoms with Crippen LogP contribution in [0.3, 0.4) is 0 Å². The van der Waals surface area contributed by atoms with Crippen LogP contribution >= 0.6 is 102 Å². The Kier molecular flexibility index (Phi) is 7.78. The normalized spacial score (nSPS) is 10.3. The average molecular weight is 657 g/mol. The van der Waals surface area contributed by atoms with E-state index in [1.807, 2.05) is 12.1 Å². The van der Waals surface area contributed by atoms with Crippen molar-refractivity contribution in [2.75, 3.05) is 0 Å². The summed E-state index contributed by atoms with van der Waals surface area (Å²) in [5.41, 5.74) is 1.03. The van der Waals surface area contributed by atoms with Crippen LogP contribution in [0.5, 0.6) is 0 Å². The lowest BCUT2D eigenvalue weighted by molar-refractivity contribution is 0.628. The Hall–Kier alpha value is 0.950. The molecule has 3 aromatic rings. The molecule has 0 atom stereocenters. The summed E-state index contributed by atoms with van der Waals surface area (Å²) in [6.45, 7) is 0. The molecule has 2 aromatic heterocycles. The Morgan fingerprint density at radius 2 is 1.27 bits per heavy atom. The summed E-state index contributed by atoms with van der Waals surface area (Å²) in [6.07, 6.45) is 0. The summed E-state index contributed by atoms with van der Waals surface area (Å²) >= 11 is 20.2. The molecule has 0 fully saturated rings. The maximum absolute atomic E-state index is 12.7. The van der Waals surface area contributed by atoms with E-state index >= 15 is 0 Å². The molecule has 8 heteroatoms. The number of halogens is 6. The number of hydrogen-bond donors (Lipinski definition) is 0. The van der Waals surface area contributed by atoms with E-state index in [2.05, 4.69) is 79.6 Å². The Labute approximate surface area is 177 Å². The van der Waals surface area contributed by atoms with Crippen LogP contribution in [0.25, 0.3) is 10.4 Å². The highest BCUT2D eigenvalue weighted by atomic mass is 79.9. The molecule has 0 aliphatic rings. The number of benzene rings is 1. The average Bonchev–Trinajstić information content (AvgIpc) is 2.94. The molecule has 0 saturated heterocycles. The fourth-order valence-corrected chi connectivity index (χ4v) is 6.90. The Morgan fingerprint density at radius 3 is 1.64 bits per heavy atom. The number of rotatable bonds is 1. The molecule has 0 amide bonds. The SMILES string of the molecule is Brc1cc(Br)c(Br)s1.Fc1ccc(-c2cc(Br)c(Br)s2)cc1. The number of thiophene rings is 2. The molecule has 0 spiro atoms. The quantitative estimate of drug-likeness (QED) is 0.245. The van der Waals surface area contributed by atoms with E-state index < -0.39 is 0 Å². The second-order valence-electron chi connectivity index (χ2n) is 3.91. The molecule has 116 valence electrons. The van der Waals surface area contributed by atoms with E-state index in [9.17, 15) is 4.39 Å². The maximum Gasteiger partial charge on any atom is 0.123 e. The molecule has 0 nitrogen and oxygen atoms in total. The lowest BCUT2D eigenvalue weighted by Gasteiger charge is -1.95. The molecule has 1 aromatic carbocycles. The zero-order valence-corrected chi connectivity index (χ0v) is 20.1. The van der Waals surface area contributed by atoms with Gasteiger partial charge in [0.1, 0.15) is 5.82 Å². The maximum atomic E-state index is 12.7. The standard InChI is InChI=1S/C10H5Br2FS.C4HBr3S/c11-8-5-9(14-10(8)12)6-1-3-7(13)4-2-6;5-2-1-3(6)8-4(2)7/h1-5H;1H. The van der Waals surface area contributed by atoms with Crippen LogP contribution in [0.1, 0.15) is 0 Å². The zero-order valence-electron chi connectivity index (χ0n) is 10.5. The van der Waals surface area contributed by atoms with Crippen LogP contribution < -0.4 is 0 Å². The van der Waals surface area contributed by atoms with E-state index in [0.29, 0.717) is 0 Å². The van der Waals surface area contributed by atoms with E-state index in [1.54, 1.807) is 34.8 Å². The minimum absolute atomic E-state index is 0.205.